The van der Waals surface area contributed by atoms with Gasteiger partial charge in [0.25, 0.3) is 5.91 Å². The Kier molecular flexibility index (Phi) is 11.3. The summed E-state index contributed by atoms with van der Waals surface area (Å²) in [5, 5.41) is 6.47. The summed E-state index contributed by atoms with van der Waals surface area (Å²) in [5.41, 5.74) is 0.485. The van der Waals surface area contributed by atoms with Crippen LogP contribution in [0.3, 0.4) is 0 Å². The molecule has 13 heteroatoms. The molecule has 0 saturated carbocycles. The summed E-state index contributed by atoms with van der Waals surface area (Å²) in [6, 6.07) is 19.0. The van der Waals surface area contributed by atoms with E-state index >= 15 is 0 Å². The lowest BCUT2D eigenvalue weighted by atomic mass is 10.2. The van der Waals surface area contributed by atoms with Gasteiger partial charge in [0.2, 0.25) is 0 Å². The van der Waals surface area contributed by atoms with Gasteiger partial charge in [-0.05, 0) is 62.4 Å². The molecule has 51 heavy (non-hydrogen) atoms. The molecule has 266 valence electrons. The van der Waals surface area contributed by atoms with Gasteiger partial charge in [-0.1, -0.05) is 58.0 Å². The van der Waals surface area contributed by atoms with Gasteiger partial charge in [-0.2, -0.15) is 0 Å². The third-order valence-corrected chi connectivity index (χ3v) is 6.94. The highest BCUT2D eigenvalue weighted by Crippen LogP contribution is 2.29. The molecule has 0 unspecified atom stereocenters. The molecule has 5 rings (SSSR count). The summed E-state index contributed by atoms with van der Waals surface area (Å²) in [5.74, 6) is 0.335. The van der Waals surface area contributed by atoms with E-state index in [9.17, 15) is 14.4 Å². The minimum Gasteiger partial charge on any atom is -0.492 e. The van der Waals surface area contributed by atoms with Crippen LogP contribution in [-0.4, -0.2) is 56.7 Å². The zero-order valence-electron chi connectivity index (χ0n) is 29.8. The highest BCUT2D eigenvalue weighted by Gasteiger charge is 2.21. The molecule has 13 nitrogen and oxygen atoms in total. The summed E-state index contributed by atoms with van der Waals surface area (Å²) >= 11 is 0. The molecule has 0 bridgehead atoms. The van der Waals surface area contributed by atoms with E-state index in [1.54, 1.807) is 45.0 Å². The number of hydrogen-bond donors (Lipinski definition) is 2. The monoisotopic (exact) mass is 694 g/mol. The maximum atomic E-state index is 13.6. The number of carbonyl (C=O) groups is 3. The lowest BCUT2D eigenvalue weighted by molar-refractivity contribution is 0.0465. The smallest absolute Gasteiger partial charge is 0.413 e. The molecule has 4 aromatic heterocycles. The van der Waals surface area contributed by atoms with Crippen molar-refractivity contribution in [2.45, 2.75) is 60.7 Å². The normalized spacial score (nSPS) is 11.5. The van der Waals surface area contributed by atoms with Gasteiger partial charge >= 0.3 is 12.1 Å². The van der Waals surface area contributed by atoms with Crippen LogP contribution in [0.2, 0.25) is 0 Å². The molecule has 0 atom stereocenters. The Bertz CT molecular complexity index is 2040. The van der Waals surface area contributed by atoms with Gasteiger partial charge in [-0.15, -0.1) is 0 Å². The van der Waals surface area contributed by atoms with Crippen molar-refractivity contribution < 1.29 is 33.3 Å². The molecule has 0 aliphatic carbocycles. The van der Waals surface area contributed by atoms with E-state index in [1.807, 2.05) is 58.0 Å². The number of nitrogens with one attached hydrogen (secondary N) is 2. The Hall–Kier alpha value is -5.85. The molecule has 5 aromatic rings. The fraction of sp³-hybridized carbons (Fsp3) is 0.342. The Balaban J connectivity index is 1.44. The first-order valence-corrected chi connectivity index (χ1v) is 16.7. The van der Waals surface area contributed by atoms with E-state index in [1.165, 1.54) is 12.1 Å². The second kappa shape index (κ2) is 15.8. The van der Waals surface area contributed by atoms with Crippen LogP contribution in [0.25, 0.3) is 22.1 Å². The van der Waals surface area contributed by atoms with Gasteiger partial charge < -0.3 is 24.3 Å². The van der Waals surface area contributed by atoms with Crippen molar-refractivity contribution in [3.05, 3.63) is 83.7 Å². The first-order chi connectivity index (χ1) is 24.2. The van der Waals surface area contributed by atoms with Gasteiger partial charge in [-0.3, -0.25) is 10.1 Å². The molecular formula is C38H42N6O7. The third-order valence-electron chi connectivity index (χ3n) is 6.94. The van der Waals surface area contributed by atoms with Gasteiger partial charge in [0.1, 0.15) is 41.0 Å². The highest BCUT2D eigenvalue weighted by atomic mass is 16.6. The van der Waals surface area contributed by atoms with E-state index in [2.05, 4.69) is 30.6 Å². The van der Waals surface area contributed by atoms with Crippen LogP contribution in [0.1, 0.15) is 75.0 Å². The number of nitrogens with zero attached hydrogens (tertiary/aromatic N) is 4. The number of esters is 1. The Morgan fingerprint density at radius 1 is 0.686 bits per heavy atom. The average molecular weight is 695 g/mol. The Labute approximate surface area is 296 Å². The summed E-state index contributed by atoms with van der Waals surface area (Å²) < 4.78 is 22.9. The van der Waals surface area contributed by atoms with Crippen molar-refractivity contribution in [2.75, 3.05) is 23.8 Å². The molecule has 0 radical (unpaired) electrons. The predicted octanol–water partition coefficient (Wildman–Crippen LogP) is 7.60. The number of carbonyl (C=O) groups excluding carboxylic acids is 3. The number of rotatable bonds is 12. The second-order valence-electron chi connectivity index (χ2n) is 13.7. The van der Waals surface area contributed by atoms with Gasteiger partial charge in [0, 0.05) is 12.1 Å². The first kappa shape index (κ1) is 36.4. The van der Waals surface area contributed by atoms with Crippen LogP contribution in [0.5, 0.6) is 11.5 Å². The lowest BCUT2D eigenvalue weighted by Gasteiger charge is -2.19. The predicted molar refractivity (Wildman–Crippen MR) is 193 cm³/mol. The molecular weight excluding hydrogens is 652 g/mol. The largest absolute Gasteiger partial charge is 0.492 e. The topological polar surface area (TPSA) is 164 Å². The number of hydrogen-bond acceptors (Lipinski definition) is 11. The molecule has 4 heterocycles. The number of anilines is 2. The van der Waals surface area contributed by atoms with Crippen LogP contribution in [0.4, 0.5) is 16.4 Å². The number of benzene rings is 1. The highest BCUT2D eigenvalue weighted by molar-refractivity contribution is 6.05. The molecule has 1 aromatic carbocycles. The fourth-order valence-electron chi connectivity index (χ4n) is 4.65. The maximum absolute atomic E-state index is 13.6. The molecule has 0 fully saturated rings. The summed E-state index contributed by atoms with van der Waals surface area (Å²) in [6.07, 6.45) is -0.680. The Morgan fingerprint density at radius 2 is 1.22 bits per heavy atom. The van der Waals surface area contributed by atoms with Crippen LogP contribution in [0, 0.1) is 11.8 Å². The Morgan fingerprint density at radius 3 is 1.76 bits per heavy atom. The lowest BCUT2D eigenvalue weighted by Crippen LogP contribution is -2.27. The standard InChI is InChI=1S/C38H42N6O7/c1-22(2)19-48-29-17-27(39-33-25(29)14-16-32(42-33)44-37(47)51-38(5,6)7)35(45)43-31-15-13-26-30(49-20-23(3)4)18-28(40-34(26)41-31)36(46)50-21-24-11-9-8-10-12-24/h8-18,22-23H,19-21H2,1-7H3,(H,39,42,44,47)(H,40,41,43,45). The quantitative estimate of drug-likeness (QED) is 0.124. The van der Waals surface area contributed by atoms with E-state index in [0.717, 1.165) is 5.56 Å². The molecule has 0 aliphatic heterocycles. The van der Waals surface area contributed by atoms with Crippen molar-refractivity contribution in [1.29, 1.82) is 0 Å². The number of amides is 2. The molecule has 2 amide bonds. The maximum Gasteiger partial charge on any atom is 0.413 e. The van der Waals surface area contributed by atoms with E-state index in [0.29, 0.717) is 35.5 Å². The van der Waals surface area contributed by atoms with Gasteiger partial charge in [-0.25, -0.2) is 29.5 Å². The van der Waals surface area contributed by atoms with E-state index in [-0.39, 0.29) is 52.8 Å². The summed E-state index contributed by atoms with van der Waals surface area (Å²) in [7, 11) is 0. The van der Waals surface area contributed by atoms with Crippen LogP contribution in [-0.2, 0) is 16.1 Å². The van der Waals surface area contributed by atoms with Gasteiger partial charge in [0.15, 0.2) is 17.0 Å². The van der Waals surface area contributed by atoms with Crippen molar-refractivity contribution in [3.8, 4) is 11.5 Å². The number of aromatic nitrogens is 4. The van der Waals surface area contributed by atoms with Crippen molar-refractivity contribution >= 4 is 51.7 Å². The third kappa shape index (κ3) is 10.1. The molecule has 0 spiro atoms. The zero-order valence-corrected chi connectivity index (χ0v) is 29.8. The van der Waals surface area contributed by atoms with E-state index in [4.69, 9.17) is 18.9 Å². The van der Waals surface area contributed by atoms with E-state index < -0.39 is 23.6 Å². The van der Waals surface area contributed by atoms with Crippen LogP contribution < -0.4 is 20.1 Å². The summed E-state index contributed by atoms with van der Waals surface area (Å²) in [6.45, 7) is 14.1. The minimum absolute atomic E-state index is 0.00257. The molecule has 0 aliphatic rings. The number of pyridine rings is 4. The average Bonchev–Trinajstić information content (AvgIpc) is 3.07. The van der Waals surface area contributed by atoms with Crippen molar-refractivity contribution in [1.82, 2.24) is 19.9 Å². The first-order valence-electron chi connectivity index (χ1n) is 16.7. The van der Waals surface area contributed by atoms with Crippen LogP contribution >= 0.6 is 0 Å². The number of ether oxygens (including phenoxy) is 4. The molecule has 0 saturated heterocycles. The SMILES string of the molecule is CC(C)COc1cc(C(=O)Nc2ccc3c(OCC(C)C)cc(C(=O)OCc4ccccc4)nc3n2)nc2nc(NC(=O)OC(C)(C)C)ccc12. The van der Waals surface area contributed by atoms with Crippen LogP contribution in [0.15, 0.2) is 66.7 Å². The summed E-state index contributed by atoms with van der Waals surface area (Å²) in [4.78, 5) is 57.1. The fourth-order valence-corrected chi connectivity index (χ4v) is 4.65. The minimum atomic E-state index is -0.704. The zero-order chi connectivity index (χ0) is 36.7. The van der Waals surface area contributed by atoms with Gasteiger partial charge in [0.05, 0.1) is 24.0 Å². The molecule has 2 N–H and O–H groups in total. The van der Waals surface area contributed by atoms with Crippen molar-refractivity contribution in [2.24, 2.45) is 11.8 Å². The second-order valence-corrected chi connectivity index (χ2v) is 13.7. The van der Waals surface area contributed by atoms with Crippen molar-refractivity contribution in [3.63, 3.8) is 0 Å². The number of fused-ring (bicyclic) bond motifs is 2.